The minimum Gasteiger partial charge on any atom is -0.457 e. The first kappa shape index (κ1) is 52.4. The van der Waals surface area contributed by atoms with Crippen molar-refractivity contribution in [2.24, 2.45) is 0 Å². The number of fused-ring (bicyclic) bond motifs is 2. The third-order valence-electron chi connectivity index (χ3n) is 15.2. The molecule has 4 aromatic carbocycles. The van der Waals surface area contributed by atoms with E-state index >= 15 is 0 Å². The average Bonchev–Trinajstić information content (AvgIpc) is 3.82. The van der Waals surface area contributed by atoms with Gasteiger partial charge in [-0.15, -0.1) is 0 Å². The molecule has 0 radical (unpaired) electrons. The summed E-state index contributed by atoms with van der Waals surface area (Å²) < 4.78 is 42.3. The molecule has 406 valence electrons. The Kier molecular flexibility index (Phi) is 15.4. The molecule has 79 heavy (non-hydrogen) atoms. The van der Waals surface area contributed by atoms with Gasteiger partial charge in [0.05, 0.1) is 22.9 Å². The number of amides is 2. The Balaban J connectivity index is 0.000000167. The molecule has 2 saturated heterocycles. The van der Waals surface area contributed by atoms with Gasteiger partial charge in [-0.05, 0) is 125 Å². The van der Waals surface area contributed by atoms with Crippen molar-refractivity contribution >= 4 is 45.5 Å². The van der Waals surface area contributed by atoms with E-state index in [1.807, 2.05) is 55.6 Å². The number of halogens is 2. The molecule has 4 aromatic heterocycles. The number of nitrogen functional groups attached to an aromatic ring is 2. The number of nitrogens with zero attached hydrogens (tertiary/aromatic N) is 12. The van der Waals surface area contributed by atoms with Gasteiger partial charge in [0.25, 0.3) is 0 Å². The number of rotatable bonds is 16. The van der Waals surface area contributed by atoms with Crippen molar-refractivity contribution in [2.75, 3.05) is 64.8 Å². The SMILES string of the molecule is CN(CC=CC(=O)N1CCC(n2nc(-c3ccc(Oc4cccc(F)c4)cc3)c3c(N)ncnc32)C1)C1CC1.CN(CC=CC(=O)N1CCC(n2nc(-c3ccc(Oc4cccc(F)c4)cc3)c3c(N)ncnc32)C1)C1CCC1. The molecule has 4 N–H and O–H groups in total. The zero-order chi connectivity index (χ0) is 54.6. The predicted octanol–water partition coefficient (Wildman–Crippen LogP) is 9.25. The quantitative estimate of drug-likeness (QED) is 0.0866. The standard InChI is InChI=1S/C30H32FN7O2.C29H30FN7O2/c1-36(22-6-3-7-22)15-4-9-26(39)37-16-14-23(18-37)38-30-27(29(32)33-19-34-30)28(35-38)20-10-12-24(13-11-20)40-25-8-2-5-21(31)17-25;1-35(21-9-10-21)14-3-6-25(38)36-15-13-22(17-36)37-29-26(28(31)32-18-33-29)27(34-37)19-7-11-23(12-8-19)39-24-5-2-4-20(30)16-24/h2,4-5,8-13,17,19,22-23H,3,6-7,14-16,18H2,1H3,(H2,32,33,34);2-8,11-12,16,18,21-22H,9-10,13-15,17H2,1H3,(H2,31,32,33). The molecule has 2 amide bonds. The lowest BCUT2D eigenvalue weighted by Crippen LogP contribution is -2.37. The number of benzene rings is 4. The van der Waals surface area contributed by atoms with Gasteiger partial charge in [-0.2, -0.15) is 10.2 Å². The molecule has 8 aromatic rings. The molecule has 0 bridgehead atoms. The first-order valence-electron chi connectivity index (χ1n) is 26.8. The van der Waals surface area contributed by atoms with Crippen LogP contribution < -0.4 is 20.9 Å². The third-order valence-corrected chi connectivity index (χ3v) is 15.2. The summed E-state index contributed by atoms with van der Waals surface area (Å²) in [4.78, 5) is 51.4. The molecule has 4 aliphatic rings. The molecule has 6 heterocycles. The Morgan fingerprint density at radius 3 is 1.41 bits per heavy atom. The second-order valence-corrected chi connectivity index (χ2v) is 20.6. The highest BCUT2D eigenvalue weighted by atomic mass is 19.1. The fraction of sp³-hybridized carbons (Fsp3) is 0.322. The molecule has 20 heteroatoms. The lowest BCUT2D eigenvalue weighted by molar-refractivity contribution is -0.125. The summed E-state index contributed by atoms with van der Waals surface area (Å²) in [5.41, 5.74) is 16.8. The predicted molar refractivity (Wildman–Crippen MR) is 298 cm³/mol. The molecular weight excluding hydrogens is 1010 g/mol. The summed E-state index contributed by atoms with van der Waals surface area (Å²) in [6, 6.07) is 28.0. The Morgan fingerprint density at radius 1 is 0.582 bits per heavy atom. The van der Waals surface area contributed by atoms with Gasteiger partial charge in [0, 0.05) is 86.8 Å². The fourth-order valence-corrected chi connectivity index (χ4v) is 10.4. The van der Waals surface area contributed by atoms with E-state index in [2.05, 4.69) is 43.8 Å². The van der Waals surface area contributed by atoms with Crippen LogP contribution in [0.25, 0.3) is 44.6 Å². The molecule has 2 aliphatic carbocycles. The average molecular weight is 1070 g/mol. The first-order valence-corrected chi connectivity index (χ1v) is 26.8. The number of ether oxygens (including phenoxy) is 2. The second kappa shape index (κ2) is 23.1. The van der Waals surface area contributed by atoms with Gasteiger partial charge in [0.15, 0.2) is 11.3 Å². The van der Waals surface area contributed by atoms with E-state index in [1.165, 1.54) is 69.0 Å². The van der Waals surface area contributed by atoms with Crippen LogP contribution in [0.15, 0.2) is 134 Å². The Labute approximate surface area is 456 Å². The summed E-state index contributed by atoms with van der Waals surface area (Å²) in [5, 5.41) is 11.2. The monoisotopic (exact) mass is 1070 g/mol. The number of carbonyl (C=O) groups excluding carboxylic acids is 2. The van der Waals surface area contributed by atoms with Crippen LogP contribution in [0.3, 0.4) is 0 Å². The maximum absolute atomic E-state index is 13.5. The number of aromatic nitrogens is 8. The van der Waals surface area contributed by atoms with Crippen molar-refractivity contribution in [2.45, 2.75) is 69.1 Å². The van der Waals surface area contributed by atoms with Crippen LogP contribution in [0.1, 0.15) is 57.0 Å². The van der Waals surface area contributed by atoms with Crippen LogP contribution in [0.4, 0.5) is 20.4 Å². The van der Waals surface area contributed by atoms with E-state index in [0.717, 1.165) is 37.1 Å². The lowest BCUT2D eigenvalue weighted by atomic mass is 9.92. The van der Waals surface area contributed by atoms with Crippen molar-refractivity contribution < 1.29 is 27.8 Å². The minimum atomic E-state index is -0.360. The van der Waals surface area contributed by atoms with Crippen LogP contribution in [-0.2, 0) is 9.59 Å². The normalized spacial score (nSPS) is 17.6. The van der Waals surface area contributed by atoms with Crippen LogP contribution in [0, 0.1) is 11.6 Å². The first-order chi connectivity index (χ1) is 38.4. The lowest BCUT2D eigenvalue weighted by Gasteiger charge is -2.33. The molecule has 4 fully saturated rings. The van der Waals surface area contributed by atoms with Crippen molar-refractivity contribution in [1.82, 2.24) is 59.1 Å². The van der Waals surface area contributed by atoms with Crippen molar-refractivity contribution in [1.29, 1.82) is 0 Å². The van der Waals surface area contributed by atoms with E-state index in [0.29, 0.717) is 106 Å². The van der Waals surface area contributed by atoms with Gasteiger partial charge in [-0.1, -0.05) is 30.7 Å². The zero-order valence-corrected chi connectivity index (χ0v) is 44.1. The number of carbonyl (C=O) groups is 2. The maximum Gasteiger partial charge on any atom is 0.246 e. The van der Waals surface area contributed by atoms with Gasteiger partial charge in [-0.25, -0.2) is 38.1 Å². The van der Waals surface area contributed by atoms with E-state index in [4.69, 9.17) is 31.1 Å². The fourth-order valence-electron chi connectivity index (χ4n) is 10.4. The number of likely N-dealkylation sites (N-methyl/N-ethyl adjacent to an activating group) is 2. The highest BCUT2D eigenvalue weighted by molar-refractivity contribution is 5.99. The number of hydrogen-bond acceptors (Lipinski definition) is 14. The molecule has 0 spiro atoms. The van der Waals surface area contributed by atoms with Gasteiger partial charge in [0.1, 0.15) is 70.3 Å². The highest BCUT2D eigenvalue weighted by Gasteiger charge is 2.32. The van der Waals surface area contributed by atoms with Gasteiger partial charge < -0.3 is 30.7 Å². The van der Waals surface area contributed by atoms with Crippen LogP contribution >= 0.6 is 0 Å². The molecule has 2 atom stereocenters. The Morgan fingerprint density at radius 2 is 1.01 bits per heavy atom. The van der Waals surface area contributed by atoms with Crippen molar-refractivity contribution in [3.63, 3.8) is 0 Å². The van der Waals surface area contributed by atoms with E-state index in [-0.39, 0.29) is 35.5 Å². The number of nitrogens with two attached hydrogens (primary N) is 2. The Bertz CT molecular complexity index is 3540. The van der Waals surface area contributed by atoms with E-state index in [9.17, 15) is 18.4 Å². The van der Waals surface area contributed by atoms with E-state index in [1.54, 1.807) is 60.7 Å². The number of hydrogen-bond donors (Lipinski definition) is 2. The van der Waals surface area contributed by atoms with Gasteiger partial charge in [-0.3, -0.25) is 19.4 Å². The summed E-state index contributed by atoms with van der Waals surface area (Å²) in [5.74, 6) is 1.97. The highest BCUT2D eigenvalue weighted by Crippen LogP contribution is 2.37. The number of likely N-dealkylation sites (tertiary alicyclic amines) is 2. The third kappa shape index (κ3) is 11.9. The van der Waals surface area contributed by atoms with Crippen LogP contribution in [0.2, 0.25) is 0 Å². The van der Waals surface area contributed by atoms with Crippen molar-refractivity contribution in [3.05, 3.63) is 146 Å². The second-order valence-electron chi connectivity index (χ2n) is 20.6. The molecule has 18 nitrogen and oxygen atoms in total. The maximum atomic E-state index is 13.5. The Hall–Kier alpha value is -8.62. The molecule has 2 saturated carbocycles. The topological polar surface area (TPSA) is 205 Å². The minimum absolute atomic E-state index is 0.0152. The summed E-state index contributed by atoms with van der Waals surface area (Å²) in [7, 11) is 4.21. The summed E-state index contributed by atoms with van der Waals surface area (Å²) in [6.07, 6.45) is 18.0. The molecule has 12 rings (SSSR count). The van der Waals surface area contributed by atoms with Gasteiger partial charge >= 0.3 is 0 Å². The van der Waals surface area contributed by atoms with E-state index < -0.39 is 0 Å². The zero-order valence-electron chi connectivity index (χ0n) is 44.1. The van der Waals surface area contributed by atoms with Crippen molar-refractivity contribution in [3.8, 4) is 45.5 Å². The smallest absolute Gasteiger partial charge is 0.246 e. The molecular formula is C59H62F2N14O4. The summed E-state index contributed by atoms with van der Waals surface area (Å²) >= 11 is 0. The van der Waals surface area contributed by atoms with Crippen LogP contribution in [-0.4, -0.2) is 136 Å². The largest absolute Gasteiger partial charge is 0.457 e. The molecule has 2 aliphatic heterocycles. The number of anilines is 2. The van der Waals surface area contributed by atoms with Crippen LogP contribution in [0.5, 0.6) is 23.0 Å². The molecule has 2 unspecified atom stereocenters. The summed E-state index contributed by atoms with van der Waals surface area (Å²) in [6.45, 7) is 3.95. The van der Waals surface area contributed by atoms with Gasteiger partial charge in [0.2, 0.25) is 11.8 Å².